The van der Waals surface area contributed by atoms with Gasteiger partial charge in [-0.15, -0.1) is 11.3 Å². The second-order valence-electron chi connectivity index (χ2n) is 6.13. The van der Waals surface area contributed by atoms with E-state index in [0.717, 1.165) is 39.3 Å². The van der Waals surface area contributed by atoms with Gasteiger partial charge in [0.05, 0.1) is 5.52 Å². The van der Waals surface area contributed by atoms with Gasteiger partial charge in [0.15, 0.2) is 0 Å². The number of para-hydroxylation sites is 1. The van der Waals surface area contributed by atoms with Crippen LogP contribution in [0.15, 0.2) is 47.0 Å². The number of fused-ring (bicyclic) bond motifs is 1. The lowest BCUT2D eigenvalue weighted by Crippen LogP contribution is -2.21. The van der Waals surface area contributed by atoms with Gasteiger partial charge >= 0.3 is 0 Å². The van der Waals surface area contributed by atoms with E-state index in [9.17, 15) is 4.79 Å². The zero-order chi connectivity index (χ0) is 17.2. The van der Waals surface area contributed by atoms with Crippen molar-refractivity contribution in [3.8, 4) is 0 Å². The molecular weight excluding hydrogens is 332 g/mol. The number of hydrogen-bond acceptors (Lipinski definition) is 5. The van der Waals surface area contributed by atoms with Gasteiger partial charge in [-0.2, -0.15) is 5.10 Å². The molecule has 25 heavy (non-hydrogen) atoms. The first-order valence-electron chi connectivity index (χ1n) is 8.34. The molecule has 0 bridgehead atoms. The molecule has 1 amide bonds. The average Bonchev–Trinajstić information content (AvgIpc) is 3.23. The third kappa shape index (κ3) is 3.30. The van der Waals surface area contributed by atoms with E-state index in [4.69, 9.17) is 0 Å². The number of benzene rings is 1. The Kier molecular flexibility index (Phi) is 4.28. The number of hydrogen-bond donors (Lipinski definition) is 0. The lowest BCUT2D eigenvalue weighted by molar-refractivity contribution is -0.127. The van der Waals surface area contributed by atoms with Crippen LogP contribution < -0.4 is 0 Å². The summed E-state index contributed by atoms with van der Waals surface area (Å²) in [6.07, 6.45) is 3.89. The third-order valence-corrected chi connectivity index (χ3v) is 5.26. The van der Waals surface area contributed by atoms with Crippen LogP contribution in [0.4, 0.5) is 0 Å². The fourth-order valence-corrected chi connectivity index (χ4v) is 3.80. The molecule has 1 saturated heterocycles. The molecule has 3 aromatic rings. The molecule has 1 fully saturated rings. The Morgan fingerprint density at radius 2 is 2.20 bits per heavy atom. The van der Waals surface area contributed by atoms with E-state index >= 15 is 0 Å². The number of thiazole rings is 1. The largest absolute Gasteiger partial charge is 0.273 e. The Labute approximate surface area is 150 Å². The Morgan fingerprint density at radius 3 is 2.96 bits per heavy atom. The first-order valence-corrected chi connectivity index (χ1v) is 9.21. The van der Waals surface area contributed by atoms with Gasteiger partial charge in [0.2, 0.25) is 5.91 Å². The van der Waals surface area contributed by atoms with Crippen LogP contribution in [0.3, 0.4) is 0 Å². The molecule has 3 heterocycles. The molecule has 0 aliphatic carbocycles. The van der Waals surface area contributed by atoms with Gasteiger partial charge in [-0.1, -0.05) is 18.2 Å². The molecule has 1 aliphatic rings. The minimum Gasteiger partial charge on any atom is -0.273 e. The number of carbonyl (C=O) groups excluding carboxylic acids is 1. The van der Waals surface area contributed by atoms with Crippen molar-refractivity contribution >= 4 is 33.9 Å². The standard InChI is InChI=1S/C19H18N4OS/c1-13-12-25-19(21-13)17(22-23-10-4-7-18(23)24)11-14-8-9-20-16-6-3-2-5-15(14)16/h2-3,5-6,8-9,12H,4,7,10-11H2,1H3/b22-17+. The van der Waals surface area contributed by atoms with Crippen LogP contribution in [0.2, 0.25) is 0 Å². The number of carbonyl (C=O) groups is 1. The molecule has 5 nitrogen and oxygen atoms in total. The quantitative estimate of drug-likeness (QED) is 0.676. The average molecular weight is 350 g/mol. The van der Waals surface area contributed by atoms with Crippen molar-refractivity contribution in [3.05, 3.63) is 58.2 Å². The molecule has 0 radical (unpaired) electrons. The van der Waals surface area contributed by atoms with E-state index in [1.54, 1.807) is 16.3 Å². The maximum absolute atomic E-state index is 12.0. The fourth-order valence-electron chi connectivity index (χ4n) is 3.02. The van der Waals surface area contributed by atoms with Crippen molar-refractivity contribution in [1.29, 1.82) is 0 Å². The predicted molar refractivity (Wildman–Crippen MR) is 99.8 cm³/mol. The number of nitrogens with zero attached hydrogens (tertiary/aromatic N) is 4. The zero-order valence-electron chi connectivity index (χ0n) is 14.0. The molecule has 1 aromatic carbocycles. The predicted octanol–water partition coefficient (Wildman–Crippen LogP) is 3.57. The monoisotopic (exact) mass is 350 g/mol. The van der Waals surface area contributed by atoms with E-state index in [1.807, 2.05) is 42.8 Å². The summed E-state index contributed by atoms with van der Waals surface area (Å²) in [5.41, 5.74) is 3.92. The Balaban J connectivity index is 1.75. The normalized spacial score (nSPS) is 15.3. The number of aryl methyl sites for hydroxylation is 1. The summed E-state index contributed by atoms with van der Waals surface area (Å²) in [6.45, 7) is 2.66. The molecule has 6 heteroatoms. The summed E-state index contributed by atoms with van der Waals surface area (Å²) in [4.78, 5) is 21.0. The molecule has 0 saturated carbocycles. The molecule has 0 N–H and O–H groups in total. The molecular formula is C19H18N4OS. The Bertz CT molecular complexity index is 957. The Hall–Kier alpha value is -2.60. The molecule has 4 rings (SSSR count). The Morgan fingerprint density at radius 1 is 1.32 bits per heavy atom. The van der Waals surface area contributed by atoms with E-state index in [-0.39, 0.29) is 5.91 Å². The van der Waals surface area contributed by atoms with Gasteiger partial charge < -0.3 is 0 Å². The van der Waals surface area contributed by atoms with Crippen molar-refractivity contribution in [1.82, 2.24) is 15.0 Å². The molecule has 0 spiro atoms. The van der Waals surface area contributed by atoms with Crippen LogP contribution in [-0.4, -0.2) is 33.1 Å². The van der Waals surface area contributed by atoms with Crippen LogP contribution in [-0.2, 0) is 11.2 Å². The van der Waals surface area contributed by atoms with Crippen LogP contribution in [0, 0.1) is 6.92 Å². The SMILES string of the molecule is Cc1csc(/C(Cc2ccnc3ccccc23)=N/N2CCCC2=O)n1. The number of rotatable bonds is 4. The summed E-state index contributed by atoms with van der Waals surface area (Å²) in [6, 6.07) is 10.1. The van der Waals surface area contributed by atoms with Crippen molar-refractivity contribution in [3.63, 3.8) is 0 Å². The molecule has 0 unspecified atom stereocenters. The summed E-state index contributed by atoms with van der Waals surface area (Å²) in [5.74, 6) is 0.0883. The van der Waals surface area contributed by atoms with Gasteiger partial charge in [-0.05, 0) is 31.0 Å². The van der Waals surface area contributed by atoms with Crippen LogP contribution in [0.1, 0.15) is 29.1 Å². The van der Waals surface area contributed by atoms with E-state index in [0.29, 0.717) is 19.4 Å². The van der Waals surface area contributed by atoms with Crippen molar-refractivity contribution in [2.24, 2.45) is 5.10 Å². The smallest absolute Gasteiger partial charge is 0.242 e. The van der Waals surface area contributed by atoms with E-state index in [2.05, 4.69) is 21.1 Å². The van der Waals surface area contributed by atoms with Crippen molar-refractivity contribution < 1.29 is 4.79 Å². The molecule has 2 aromatic heterocycles. The minimum absolute atomic E-state index is 0.0883. The van der Waals surface area contributed by atoms with Crippen molar-refractivity contribution in [2.75, 3.05) is 6.54 Å². The number of hydrazone groups is 1. The lowest BCUT2D eigenvalue weighted by Gasteiger charge is -2.12. The molecule has 1 aliphatic heterocycles. The number of amides is 1. The van der Waals surface area contributed by atoms with Crippen LogP contribution in [0.5, 0.6) is 0 Å². The highest BCUT2D eigenvalue weighted by molar-refractivity contribution is 7.11. The first-order chi connectivity index (χ1) is 12.2. The highest BCUT2D eigenvalue weighted by Crippen LogP contribution is 2.21. The summed E-state index contributed by atoms with van der Waals surface area (Å²) >= 11 is 1.57. The second kappa shape index (κ2) is 6.72. The molecule has 0 atom stereocenters. The molecule has 126 valence electrons. The minimum atomic E-state index is 0.0883. The highest BCUT2D eigenvalue weighted by atomic mass is 32.1. The van der Waals surface area contributed by atoms with E-state index in [1.165, 1.54) is 0 Å². The highest BCUT2D eigenvalue weighted by Gasteiger charge is 2.22. The van der Waals surface area contributed by atoms with Gasteiger partial charge in [-0.25, -0.2) is 9.99 Å². The first kappa shape index (κ1) is 15.9. The summed E-state index contributed by atoms with van der Waals surface area (Å²) in [7, 11) is 0. The fraction of sp³-hybridized carbons (Fsp3) is 0.263. The summed E-state index contributed by atoms with van der Waals surface area (Å²) in [5, 5.41) is 10.3. The van der Waals surface area contributed by atoms with Crippen LogP contribution >= 0.6 is 11.3 Å². The van der Waals surface area contributed by atoms with E-state index < -0.39 is 0 Å². The zero-order valence-corrected chi connectivity index (χ0v) is 14.8. The number of aromatic nitrogens is 2. The van der Waals surface area contributed by atoms with Gasteiger partial charge in [0.25, 0.3) is 0 Å². The maximum atomic E-state index is 12.0. The second-order valence-corrected chi connectivity index (χ2v) is 6.98. The van der Waals surface area contributed by atoms with Gasteiger partial charge in [-0.3, -0.25) is 9.78 Å². The lowest BCUT2D eigenvalue weighted by atomic mass is 10.0. The number of pyridine rings is 1. The summed E-state index contributed by atoms with van der Waals surface area (Å²) < 4.78 is 0. The topological polar surface area (TPSA) is 58.5 Å². The van der Waals surface area contributed by atoms with Crippen LogP contribution in [0.25, 0.3) is 10.9 Å². The maximum Gasteiger partial charge on any atom is 0.242 e. The third-order valence-electron chi connectivity index (χ3n) is 4.25. The van der Waals surface area contributed by atoms with Crippen molar-refractivity contribution in [2.45, 2.75) is 26.2 Å². The van der Waals surface area contributed by atoms with Gasteiger partial charge in [0, 0.05) is 42.0 Å². The van der Waals surface area contributed by atoms with Gasteiger partial charge in [0.1, 0.15) is 10.7 Å².